The smallest absolute Gasteiger partial charge is 0.407 e. The van der Waals surface area contributed by atoms with Gasteiger partial charge in [0.05, 0.1) is 0 Å². The molecule has 4 nitrogen and oxygen atoms in total. The van der Waals surface area contributed by atoms with Crippen LogP contribution >= 0.6 is 0 Å². The van der Waals surface area contributed by atoms with E-state index in [0.717, 1.165) is 6.42 Å². The van der Waals surface area contributed by atoms with E-state index in [1.165, 1.54) is 6.08 Å². The summed E-state index contributed by atoms with van der Waals surface area (Å²) in [7, 11) is 0. The number of ketones is 1. The van der Waals surface area contributed by atoms with E-state index in [-0.39, 0.29) is 17.9 Å². The topological polar surface area (TPSA) is 55.4 Å². The maximum absolute atomic E-state index is 11.4. The highest BCUT2D eigenvalue weighted by Gasteiger charge is 2.34. The first-order chi connectivity index (χ1) is 7.62. The SMILES string of the molecule is C=CCOC(=O)NC1(CC)CCC(=O)CC1. The third-order valence-electron chi connectivity index (χ3n) is 3.14. The number of ether oxygens (including phenoxy) is 1. The first-order valence-corrected chi connectivity index (χ1v) is 5.69. The standard InChI is InChI=1S/C12H19NO3/c1-3-9-16-11(15)13-12(4-2)7-5-10(14)6-8-12/h3H,1,4-9H2,2H3,(H,13,15). The zero-order valence-electron chi connectivity index (χ0n) is 9.75. The van der Waals surface area contributed by atoms with Crippen molar-refractivity contribution in [3.8, 4) is 0 Å². The number of carbonyl (C=O) groups is 2. The highest BCUT2D eigenvalue weighted by molar-refractivity contribution is 5.80. The van der Waals surface area contributed by atoms with E-state index in [9.17, 15) is 9.59 Å². The molecule has 0 aliphatic heterocycles. The second kappa shape index (κ2) is 5.68. The number of rotatable bonds is 4. The van der Waals surface area contributed by atoms with Gasteiger partial charge in [0.1, 0.15) is 12.4 Å². The molecule has 0 aromatic rings. The lowest BCUT2D eigenvalue weighted by Gasteiger charge is -2.36. The summed E-state index contributed by atoms with van der Waals surface area (Å²) >= 11 is 0. The minimum atomic E-state index is -0.420. The van der Waals surface area contributed by atoms with Gasteiger partial charge in [-0.2, -0.15) is 0 Å². The van der Waals surface area contributed by atoms with E-state index in [1.54, 1.807) is 0 Å². The van der Waals surface area contributed by atoms with Crippen LogP contribution in [-0.4, -0.2) is 24.0 Å². The van der Waals surface area contributed by atoms with Crippen LogP contribution in [0, 0.1) is 0 Å². The van der Waals surface area contributed by atoms with Crippen LogP contribution in [0.3, 0.4) is 0 Å². The van der Waals surface area contributed by atoms with Crippen LogP contribution in [0.4, 0.5) is 4.79 Å². The molecule has 0 aromatic carbocycles. The molecule has 0 heterocycles. The van der Waals surface area contributed by atoms with Gasteiger partial charge in [0.2, 0.25) is 0 Å². The Morgan fingerprint density at radius 1 is 1.56 bits per heavy atom. The Morgan fingerprint density at radius 3 is 2.69 bits per heavy atom. The summed E-state index contributed by atoms with van der Waals surface area (Å²) in [6.07, 6.45) is 4.46. The van der Waals surface area contributed by atoms with Gasteiger partial charge in [0.15, 0.2) is 0 Å². The summed E-state index contributed by atoms with van der Waals surface area (Å²) in [5.74, 6) is 0.283. The lowest BCUT2D eigenvalue weighted by molar-refractivity contribution is -0.121. The van der Waals surface area contributed by atoms with Gasteiger partial charge in [-0.1, -0.05) is 19.6 Å². The van der Waals surface area contributed by atoms with Crippen molar-refractivity contribution in [2.45, 2.75) is 44.6 Å². The molecular formula is C12H19NO3. The van der Waals surface area contributed by atoms with Gasteiger partial charge in [-0.25, -0.2) is 4.79 Å². The molecule has 0 spiro atoms. The van der Waals surface area contributed by atoms with Crippen molar-refractivity contribution >= 4 is 11.9 Å². The lowest BCUT2D eigenvalue weighted by Crippen LogP contribution is -2.50. The van der Waals surface area contributed by atoms with Crippen LogP contribution in [0.2, 0.25) is 0 Å². The fourth-order valence-electron chi connectivity index (χ4n) is 1.96. The van der Waals surface area contributed by atoms with E-state index in [4.69, 9.17) is 4.74 Å². The molecule has 0 bridgehead atoms. The largest absolute Gasteiger partial charge is 0.445 e. The van der Waals surface area contributed by atoms with Crippen molar-refractivity contribution in [2.24, 2.45) is 0 Å². The third-order valence-corrected chi connectivity index (χ3v) is 3.14. The van der Waals surface area contributed by atoms with Crippen LogP contribution in [0.5, 0.6) is 0 Å². The second-order valence-electron chi connectivity index (χ2n) is 4.18. The summed E-state index contributed by atoms with van der Waals surface area (Å²) in [5.41, 5.74) is -0.258. The zero-order valence-corrected chi connectivity index (χ0v) is 9.75. The van der Waals surface area contributed by atoms with Crippen molar-refractivity contribution in [2.75, 3.05) is 6.61 Å². The maximum atomic E-state index is 11.4. The van der Waals surface area contributed by atoms with Crippen LogP contribution in [0.15, 0.2) is 12.7 Å². The monoisotopic (exact) mass is 225 g/mol. The van der Waals surface area contributed by atoms with E-state index < -0.39 is 6.09 Å². The second-order valence-corrected chi connectivity index (χ2v) is 4.18. The summed E-state index contributed by atoms with van der Waals surface area (Å²) in [6, 6.07) is 0. The molecule has 0 atom stereocenters. The molecule has 1 rings (SSSR count). The van der Waals surface area contributed by atoms with Crippen LogP contribution in [-0.2, 0) is 9.53 Å². The molecule has 0 radical (unpaired) electrons. The molecule has 1 saturated carbocycles. The van der Waals surface area contributed by atoms with Gasteiger partial charge >= 0.3 is 6.09 Å². The molecule has 0 aromatic heterocycles. The normalized spacial score (nSPS) is 18.9. The molecule has 0 saturated heterocycles. The third kappa shape index (κ3) is 3.36. The van der Waals surface area contributed by atoms with Crippen molar-refractivity contribution < 1.29 is 14.3 Å². The van der Waals surface area contributed by atoms with E-state index >= 15 is 0 Å². The molecule has 16 heavy (non-hydrogen) atoms. The van der Waals surface area contributed by atoms with Crippen LogP contribution < -0.4 is 5.32 Å². The fraction of sp³-hybridized carbons (Fsp3) is 0.667. The minimum absolute atomic E-state index is 0.213. The van der Waals surface area contributed by atoms with Crippen molar-refractivity contribution in [3.63, 3.8) is 0 Å². The fourth-order valence-corrected chi connectivity index (χ4v) is 1.96. The Labute approximate surface area is 96.0 Å². The molecule has 1 aliphatic carbocycles. The maximum Gasteiger partial charge on any atom is 0.407 e. The molecule has 1 fully saturated rings. The number of alkyl carbamates (subject to hydrolysis) is 1. The first kappa shape index (κ1) is 12.7. The Kier molecular flexibility index (Phi) is 4.52. The average Bonchev–Trinajstić information content (AvgIpc) is 2.30. The summed E-state index contributed by atoms with van der Waals surface area (Å²) in [4.78, 5) is 22.6. The van der Waals surface area contributed by atoms with Gasteiger partial charge < -0.3 is 10.1 Å². The predicted octanol–water partition coefficient (Wildman–Crippen LogP) is 2.19. The number of carbonyl (C=O) groups excluding carboxylic acids is 2. The van der Waals surface area contributed by atoms with Gasteiger partial charge in [-0.3, -0.25) is 4.79 Å². The number of Topliss-reactive ketones (excluding diaryl/α,β-unsaturated/α-hetero) is 1. The Morgan fingerprint density at radius 2 is 2.19 bits per heavy atom. The molecule has 1 amide bonds. The first-order valence-electron chi connectivity index (χ1n) is 5.69. The van der Waals surface area contributed by atoms with Crippen LogP contribution in [0.1, 0.15) is 39.0 Å². The quantitative estimate of drug-likeness (QED) is 0.746. The number of nitrogens with one attached hydrogen (secondary N) is 1. The molecule has 90 valence electrons. The summed E-state index contributed by atoms with van der Waals surface area (Å²) in [5, 5.41) is 2.88. The minimum Gasteiger partial charge on any atom is -0.445 e. The highest BCUT2D eigenvalue weighted by atomic mass is 16.5. The Balaban J connectivity index is 2.50. The zero-order chi connectivity index (χ0) is 12.0. The van der Waals surface area contributed by atoms with Crippen LogP contribution in [0.25, 0.3) is 0 Å². The molecule has 1 aliphatic rings. The van der Waals surface area contributed by atoms with E-state index in [2.05, 4.69) is 11.9 Å². The lowest BCUT2D eigenvalue weighted by atomic mass is 9.79. The van der Waals surface area contributed by atoms with Gasteiger partial charge in [-0.05, 0) is 19.3 Å². The Hall–Kier alpha value is -1.32. The summed E-state index contributed by atoms with van der Waals surface area (Å²) < 4.78 is 4.89. The van der Waals surface area contributed by atoms with Gasteiger partial charge in [0, 0.05) is 18.4 Å². The molecule has 0 unspecified atom stereocenters. The van der Waals surface area contributed by atoms with Gasteiger partial charge in [0.25, 0.3) is 0 Å². The van der Waals surface area contributed by atoms with E-state index in [0.29, 0.717) is 25.7 Å². The van der Waals surface area contributed by atoms with Crippen molar-refractivity contribution in [3.05, 3.63) is 12.7 Å². The highest BCUT2D eigenvalue weighted by Crippen LogP contribution is 2.29. The number of amides is 1. The predicted molar refractivity (Wildman–Crippen MR) is 61.2 cm³/mol. The van der Waals surface area contributed by atoms with Crippen molar-refractivity contribution in [1.82, 2.24) is 5.32 Å². The van der Waals surface area contributed by atoms with E-state index in [1.807, 2.05) is 6.92 Å². The molecule has 4 heteroatoms. The van der Waals surface area contributed by atoms with Gasteiger partial charge in [-0.15, -0.1) is 0 Å². The van der Waals surface area contributed by atoms with Crippen molar-refractivity contribution in [1.29, 1.82) is 0 Å². The number of hydrogen-bond donors (Lipinski definition) is 1. The molecule has 1 N–H and O–H groups in total. The Bertz CT molecular complexity index is 276. The average molecular weight is 225 g/mol. The number of hydrogen-bond acceptors (Lipinski definition) is 3. The molecular weight excluding hydrogens is 206 g/mol. The summed E-state index contributed by atoms with van der Waals surface area (Å²) in [6.45, 7) is 5.71.